The topological polar surface area (TPSA) is 81.3 Å². The number of carboxylic acid groups (broad SMARTS) is 1. The Kier molecular flexibility index (Phi) is 8.41. The first-order chi connectivity index (χ1) is 17.8. The van der Waals surface area contributed by atoms with E-state index < -0.39 is 23.5 Å². The Morgan fingerprint density at radius 3 is 2.35 bits per heavy atom. The fraction of sp³-hybridized carbons (Fsp3) is 0.433. The number of carboxylic acids is 1. The third-order valence-corrected chi connectivity index (χ3v) is 7.34. The normalized spacial score (nSPS) is 14.3. The molecule has 0 radical (unpaired) electrons. The number of carbonyl (C=O) groups excluding carboxylic acids is 1. The smallest absolute Gasteiger partial charge is 0.337 e. The summed E-state index contributed by atoms with van der Waals surface area (Å²) in [5.74, 6) is -1.68. The van der Waals surface area contributed by atoms with Gasteiger partial charge in [0.05, 0.1) is 17.8 Å². The van der Waals surface area contributed by atoms with E-state index >= 15 is 4.39 Å². The zero-order valence-corrected chi connectivity index (χ0v) is 21.6. The van der Waals surface area contributed by atoms with E-state index in [0.717, 1.165) is 47.8 Å². The van der Waals surface area contributed by atoms with Crippen molar-refractivity contribution in [2.75, 3.05) is 0 Å². The van der Waals surface area contributed by atoms with Crippen LogP contribution in [0.2, 0.25) is 0 Å². The molecule has 0 amide bonds. The van der Waals surface area contributed by atoms with Crippen LogP contribution in [0.4, 0.5) is 4.39 Å². The summed E-state index contributed by atoms with van der Waals surface area (Å²) in [5.41, 5.74) is 1.94. The lowest BCUT2D eigenvalue weighted by Gasteiger charge is -2.20. The number of benzene rings is 2. The van der Waals surface area contributed by atoms with Crippen LogP contribution in [0.3, 0.4) is 0 Å². The molecule has 0 bridgehead atoms. The van der Waals surface area contributed by atoms with Gasteiger partial charge in [0.25, 0.3) is 0 Å². The lowest BCUT2D eigenvalue weighted by Crippen LogP contribution is -2.31. The Morgan fingerprint density at radius 2 is 1.70 bits per heavy atom. The number of carbonyl (C=O) groups is 2. The van der Waals surface area contributed by atoms with Crippen molar-refractivity contribution in [3.8, 4) is 11.1 Å². The molecule has 0 unspecified atom stereocenters. The van der Waals surface area contributed by atoms with E-state index in [9.17, 15) is 19.5 Å². The number of hydrogen-bond donors (Lipinski definition) is 1. The van der Waals surface area contributed by atoms with Gasteiger partial charge in [-0.3, -0.25) is 9.36 Å². The molecule has 1 N–H and O–H groups in total. The summed E-state index contributed by atoms with van der Waals surface area (Å²) < 4.78 is 17.7. The van der Waals surface area contributed by atoms with Crippen molar-refractivity contribution in [2.24, 2.45) is 11.8 Å². The van der Waals surface area contributed by atoms with Crippen LogP contribution in [0.1, 0.15) is 85.2 Å². The molecule has 2 aromatic carbocycles. The number of halogens is 1. The molecule has 1 aliphatic rings. The van der Waals surface area contributed by atoms with Gasteiger partial charge in [-0.1, -0.05) is 75.6 Å². The quantitative estimate of drug-likeness (QED) is 0.364. The van der Waals surface area contributed by atoms with Gasteiger partial charge in [0.1, 0.15) is 0 Å². The first kappa shape index (κ1) is 26.6. The van der Waals surface area contributed by atoms with E-state index in [-0.39, 0.29) is 30.1 Å². The Balaban J connectivity index is 1.63. The molecule has 3 aromatic rings. The summed E-state index contributed by atoms with van der Waals surface area (Å²) in [6.45, 7) is 4.21. The standard InChI is InChI=1S/C30H35FN2O4/c1-20(2)12-17-26-28(31)33(27(34)18-21-8-4-3-5-9-21)30(37)32(26)19-22-13-15-23(16-14-22)24-10-6-7-11-25(24)29(35)36/h6-7,10-11,13-16,20-21H,3-5,8-9,12,17-19H2,1-2H3,(H,35,36). The van der Waals surface area contributed by atoms with Crippen molar-refractivity contribution < 1.29 is 19.1 Å². The minimum absolute atomic E-state index is 0.133. The SMILES string of the molecule is CC(C)CCc1c(F)n(C(=O)CC2CCCCC2)c(=O)n1Cc1ccc(-c2ccccc2C(=O)O)cc1. The monoisotopic (exact) mass is 506 g/mol. The number of aromatic carboxylic acids is 1. The van der Waals surface area contributed by atoms with Crippen molar-refractivity contribution in [1.29, 1.82) is 0 Å². The maximum Gasteiger partial charge on any atom is 0.337 e. The molecule has 0 aliphatic heterocycles. The number of rotatable bonds is 9. The number of nitrogens with zero attached hydrogens (tertiary/aromatic N) is 2. The van der Waals surface area contributed by atoms with Gasteiger partial charge in [-0.15, -0.1) is 0 Å². The van der Waals surface area contributed by atoms with E-state index in [1.54, 1.807) is 36.4 Å². The van der Waals surface area contributed by atoms with Crippen LogP contribution in [0, 0.1) is 17.8 Å². The lowest BCUT2D eigenvalue weighted by atomic mass is 9.87. The first-order valence-corrected chi connectivity index (χ1v) is 13.2. The van der Waals surface area contributed by atoms with Crippen molar-refractivity contribution in [3.05, 3.63) is 81.8 Å². The fourth-order valence-electron chi connectivity index (χ4n) is 5.23. The average Bonchev–Trinajstić information content (AvgIpc) is 3.12. The molecule has 1 saturated carbocycles. The predicted molar refractivity (Wildman–Crippen MR) is 142 cm³/mol. The molecule has 0 atom stereocenters. The van der Waals surface area contributed by atoms with Gasteiger partial charge in [-0.2, -0.15) is 4.39 Å². The molecule has 7 heteroatoms. The molecular weight excluding hydrogens is 471 g/mol. The van der Waals surface area contributed by atoms with Crippen LogP contribution in [-0.2, 0) is 13.0 Å². The first-order valence-electron chi connectivity index (χ1n) is 13.2. The Bertz CT molecular complexity index is 1310. The number of hydrogen-bond acceptors (Lipinski definition) is 3. The highest BCUT2D eigenvalue weighted by molar-refractivity contribution is 5.96. The minimum atomic E-state index is -1.00. The minimum Gasteiger partial charge on any atom is -0.478 e. The second-order valence-corrected chi connectivity index (χ2v) is 10.5. The predicted octanol–water partition coefficient (Wildman–Crippen LogP) is 6.40. The third kappa shape index (κ3) is 6.09. The molecule has 0 spiro atoms. The molecule has 0 saturated heterocycles. The van der Waals surface area contributed by atoms with E-state index in [1.807, 2.05) is 26.0 Å². The summed E-state index contributed by atoms with van der Waals surface area (Å²) in [7, 11) is 0. The van der Waals surface area contributed by atoms with Gasteiger partial charge >= 0.3 is 11.7 Å². The highest BCUT2D eigenvalue weighted by atomic mass is 19.1. The van der Waals surface area contributed by atoms with E-state index in [4.69, 9.17) is 0 Å². The van der Waals surface area contributed by atoms with Crippen LogP contribution in [0.5, 0.6) is 0 Å². The maximum absolute atomic E-state index is 15.6. The van der Waals surface area contributed by atoms with Gasteiger partial charge in [-0.05, 0) is 60.3 Å². The van der Waals surface area contributed by atoms with Crippen LogP contribution in [0.15, 0.2) is 53.3 Å². The van der Waals surface area contributed by atoms with E-state index in [0.29, 0.717) is 24.3 Å². The highest BCUT2D eigenvalue weighted by Crippen LogP contribution is 2.27. The van der Waals surface area contributed by atoms with Gasteiger partial charge in [0.2, 0.25) is 11.9 Å². The molecular formula is C30H35FN2O4. The molecule has 4 rings (SSSR count). The van der Waals surface area contributed by atoms with Gasteiger partial charge in [-0.25, -0.2) is 14.2 Å². The van der Waals surface area contributed by atoms with Crippen LogP contribution < -0.4 is 5.69 Å². The zero-order chi connectivity index (χ0) is 26.5. The molecule has 1 aromatic heterocycles. The van der Waals surface area contributed by atoms with Gasteiger partial charge < -0.3 is 5.11 Å². The second kappa shape index (κ2) is 11.7. The summed E-state index contributed by atoms with van der Waals surface area (Å²) in [4.78, 5) is 38.0. The molecule has 37 heavy (non-hydrogen) atoms. The summed E-state index contributed by atoms with van der Waals surface area (Å²) >= 11 is 0. The zero-order valence-electron chi connectivity index (χ0n) is 21.6. The average molecular weight is 507 g/mol. The number of aromatic nitrogens is 2. The maximum atomic E-state index is 15.6. The molecule has 196 valence electrons. The highest BCUT2D eigenvalue weighted by Gasteiger charge is 2.27. The van der Waals surface area contributed by atoms with Crippen molar-refractivity contribution >= 4 is 11.9 Å². The third-order valence-electron chi connectivity index (χ3n) is 7.34. The van der Waals surface area contributed by atoms with Crippen molar-refractivity contribution in [1.82, 2.24) is 9.13 Å². The van der Waals surface area contributed by atoms with E-state index in [2.05, 4.69) is 0 Å². The summed E-state index contributed by atoms with van der Waals surface area (Å²) in [6.07, 6.45) is 6.46. The van der Waals surface area contributed by atoms with Crippen molar-refractivity contribution in [3.63, 3.8) is 0 Å². The number of imidazole rings is 1. The van der Waals surface area contributed by atoms with Crippen LogP contribution in [-0.4, -0.2) is 26.1 Å². The molecule has 6 nitrogen and oxygen atoms in total. The Labute approximate surface area is 216 Å². The van der Waals surface area contributed by atoms with Gasteiger partial charge in [0.15, 0.2) is 0 Å². The Morgan fingerprint density at radius 1 is 1.03 bits per heavy atom. The fourth-order valence-corrected chi connectivity index (χ4v) is 5.23. The molecule has 1 aliphatic carbocycles. The summed E-state index contributed by atoms with van der Waals surface area (Å²) in [5, 5.41) is 9.50. The molecule has 1 heterocycles. The largest absolute Gasteiger partial charge is 0.478 e. The van der Waals surface area contributed by atoms with Gasteiger partial charge in [0, 0.05) is 6.42 Å². The second-order valence-electron chi connectivity index (χ2n) is 10.5. The summed E-state index contributed by atoms with van der Waals surface area (Å²) in [6, 6.07) is 14.0. The molecule has 1 fully saturated rings. The Hall–Kier alpha value is -3.48. The van der Waals surface area contributed by atoms with Crippen LogP contribution in [0.25, 0.3) is 11.1 Å². The van der Waals surface area contributed by atoms with Crippen molar-refractivity contribution in [2.45, 2.75) is 71.8 Å². The van der Waals surface area contributed by atoms with Crippen LogP contribution >= 0.6 is 0 Å². The van der Waals surface area contributed by atoms with E-state index in [1.165, 1.54) is 4.57 Å². The lowest BCUT2D eigenvalue weighted by molar-refractivity contribution is 0.0697.